The smallest absolute Gasteiger partial charge is 0.248 e. The van der Waals surface area contributed by atoms with Crippen LogP contribution < -0.4 is 0 Å². The number of carbonyl (C=O) groups excluding carboxylic acids is 1. The third-order valence-corrected chi connectivity index (χ3v) is 5.16. The van der Waals surface area contributed by atoms with Gasteiger partial charge in [0, 0.05) is 44.2 Å². The Balaban J connectivity index is 1.79. The molecule has 3 rings (SSSR count). The van der Waals surface area contributed by atoms with Gasteiger partial charge in [0.05, 0.1) is 6.04 Å². The molecular formula is C17H25F2N3O. The molecule has 1 aromatic rings. The number of nitrogens with zero attached hydrogens (tertiary/aromatic N) is 3. The zero-order valence-corrected chi connectivity index (χ0v) is 13.7. The molecule has 6 heteroatoms. The van der Waals surface area contributed by atoms with Crippen molar-refractivity contribution in [2.24, 2.45) is 5.92 Å². The summed E-state index contributed by atoms with van der Waals surface area (Å²) in [6, 6.07) is -0.0678. The number of likely N-dealkylation sites (tertiary alicyclic amines) is 1. The second-order valence-corrected chi connectivity index (χ2v) is 6.76. The van der Waals surface area contributed by atoms with Crippen LogP contribution >= 0.6 is 0 Å². The maximum absolute atomic E-state index is 13.7. The van der Waals surface area contributed by atoms with Gasteiger partial charge in [-0.15, -0.1) is 0 Å². The van der Waals surface area contributed by atoms with Gasteiger partial charge in [0.15, 0.2) is 0 Å². The van der Waals surface area contributed by atoms with Gasteiger partial charge >= 0.3 is 0 Å². The molecule has 128 valence electrons. The summed E-state index contributed by atoms with van der Waals surface area (Å²) in [6.07, 6.45) is 7.17. The highest BCUT2D eigenvalue weighted by Gasteiger charge is 2.42. The van der Waals surface area contributed by atoms with Gasteiger partial charge in [-0.1, -0.05) is 0 Å². The van der Waals surface area contributed by atoms with Crippen LogP contribution in [0.2, 0.25) is 0 Å². The Morgan fingerprint density at radius 1 is 1.35 bits per heavy atom. The minimum absolute atomic E-state index is 0.0678. The van der Waals surface area contributed by atoms with Crippen LogP contribution in [-0.4, -0.2) is 32.8 Å². The highest BCUT2D eigenvalue weighted by molar-refractivity contribution is 5.79. The summed E-state index contributed by atoms with van der Waals surface area (Å²) in [5.74, 6) is -2.43. The van der Waals surface area contributed by atoms with Gasteiger partial charge in [-0.05, 0) is 39.0 Å². The van der Waals surface area contributed by atoms with E-state index in [4.69, 9.17) is 0 Å². The van der Waals surface area contributed by atoms with Crippen LogP contribution in [0, 0.1) is 5.92 Å². The van der Waals surface area contributed by atoms with Crippen molar-refractivity contribution >= 4 is 5.91 Å². The topological polar surface area (TPSA) is 38.1 Å². The number of halogens is 2. The Bertz CT molecular complexity index is 558. The zero-order chi connectivity index (χ0) is 16.4. The molecular weight excluding hydrogens is 300 g/mol. The predicted octanol–water partition coefficient (Wildman–Crippen LogP) is 3.78. The zero-order valence-electron chi connectivity index (χ0n) is 13.7. The largest absolute Gasteiger partial charge is 0.333 e. The van der Waals surface area contributed by atoms with Crippen molar-refractivity contribution in [3.05, 3.63) is 18.2 Å². The van der Waals surface area contributed by atoms with Crippen LogP contribution in [0.25, 0.3) is 0 Å². The fraction of sp³-hybridized carbons (Fsp3) is 0.765. The minimum Gasteiger partial charge on any atom is -0.333 e. The molecule has 1 saturated heterocycles. The van der Waals surface area contributed by atoms with Crippen molar-refractivity contribution in [3.63, 3.8) is 0 Å². The van der Waals surface area contributed by atoms with E-state index in [1.807, 2.05) is 22.6 Å². The lowest BCUT2D eigenvalue weighted by molar-refractivity contribution is -0.146. The molecule has 1 saturated carbocycles. The number of carbonyl (C=O) groups is 1. The summed E-state index contributed by atoms with van der Waals surface area (Å²) < 4.78 is 29.4. The third kappa shape index (κ3) is 3.40. The summed E-state index contributed by atoms with van der Waals surface area (Å²) in [6.45, 7) is 3.50. The van der Waals surface area contributed by atoms with E-state index in [2.05, 4.69) is 4.98 Å². The van der Waals surface area contributed by atoms with Gasteiger partial charge in [-0.25, -0.2) is 13.8 Å². The summed E-state index contributed by atoms with van der Waals surface area (Å²) in [7, 11) is 0. The number of hydrogen-bond acceptors (Lipinski definition) is 2. The lowest BCUT2D eigenvalue weighted by Gasteiger charge is -2.39. The predicted molar refractivity (Wildman–Crippen MR) is 83.1 cm³/mol. The first-order valence-electron chi connectivity index (χ1n) is 8.71. The van der Waals surface area contributed by atoms with Crippen LogP contribution in [0.1, 0.15) is 63.7 Å². The van der Waals surface area contributed by atoms with E-state index in [0.29, 0.717) is 19.4 Å². The van der Waals surface area contributed by atoms with Gasteiger partial charge in [-0.3, -0.25) is 4.79 Å². The van der Waals surface area contributed by atoms with Gasteiger partial charge < -0.3 is 9.47 Å². The number of hydrogen-bond donors (Lipinski definition) is 0. The van der Waals surface area contributed by atoms with E-state index in [1.165, 1.54) is 0 Å². The average molecular weight is 325 g/mol. The SMILES string of the molecule is CCn1ccnc1C1CCCCN1C(=O)C1CCCC(F)(F)C1. The number of aryl methyl sites for hydroxylation is 1. The maximum atomic E-state index is 13.7. The lowest BCUT2D eigenvalue weighted by atomic mass is 9.84. The molecule has 0 N–H and O–H groups in total. The first-order chi connectivity index (χ1) is 11.0. The van der Waals surface area contributed by atoms with Crippen molar-refractivity contribution in [2.45, 2.75) is 70.4 Å². The summed E-state index contributed by atoms with van der Waals surface area (Å²) >= 11 is 0. The van der Waals surface area contributed by atoms with E-state index in [1.54, 1.807) is 6.20 Å². The molecule has 0 aromatic carbocycles. The van der Waals surface area contributed by atoms with E-state index in [-0.39, 0.29) is 24.8 Å². The quantitative estimate of drug-likeness (QED) is 0.848. The average Bonchev–Trinajstić information content (AvgIpc) is 3.01. The van der Waals surface area contributed by atoms with E-state index in [9.17, 15) is 13.6 Å². The Kier molecular flexibility index (Phi) is 4.69. The molecule has 23 heavy (non-hydrogen) atoms. The molecule has 0 radical (unpaired) electrons. The Labute approximate surface area is 135 Å². The van der Waals surface area contributed by atoms with Crippen LogP contribution in [-0.2, 0) is 11.3 Å². The summed E-state index contributed by atoms with van der Waals surface area (Å²) in [5.41, 5.74) is 0. The number of alkyl halides is 2. The van der Waals surface area contributed by atoms with Gasteiger partial charge in [0.1, 0.15) is 5.82 Å². The molecule has 2 atom stereocenters. The van der Waals surface area contributed by atoms with Crippen molar-refractivity contribution in [2.75, 3.05) is 6.54 Å². The molecule has 0 bridgehead atoms. The normalized spacial score (nSPS) is 27.9. The first-order valence-corrected chi connectivity index (χ1v) is 8.71. The lowest BCUT2D eigenvalue weighted by Crippen LogP contribution is -2.45. The molecule has 1 aliphatic heterocycles. The monoisotopic (exact) mass is 325 g/mol. The fourth-order valence-electron chi connectivity index (χ4n) is 3.97. The standard InChI is InChI=1S/C17H25F2N3O/c1-2-21-11-9-20-15(21)14-7-3-4-10-22(14)16(23)13-6-5-8-17(18,19)12-13/h9,11,13-14H,2-8,10,12H2,1H3. The third-order valence-electron chi connectivity index (χ3n) is 5.16. The molecule has 4 nitrogen and oxygen atoms in total. The van der Waals surface area contributed by atoms with Crippen molar-refractivity contribution in [1.29, 1.82) is 0 Å². The van der Waals surface area contributed by atoms with Crippen molar-refractivity contribution in [1.82, 2.24) is 14.5 Å². The number of amides is 1. The van der Waals surface area contributed by atoms with E-state index >= 15 is 0 Å². The molecule has 0 spiro atoms. The highest BCUT2D eigenvalue weighted by Crippen LogP contribution is 2.39. The second-order valence-electron chi connectivity index (χ2n) is 6.76. The van der Waals surface area contributed by atoms with Gasteiger partial charge in [0.25, 0.3) is 0 Å². The van der Waals surface area contributed by atoms with E-state index in [0.717, 1.165) is 31.6 Å². The fourth-order valence-corrected chi connectivity index (χ4v) is 3.97. The van der Waals surface area contributed by atoms with Crippen molar-refractivity contribution < 1.29 is 13.6 Å². The number of piperidine rings is 1. The van der Waals surface area contributed by atoms with Crippen molar-refractivity contribution in [3.8, 4) is 0 Å². The summed E-state index contributed by atoms with van der Waals surface area (Å²) in [5, 5.41) is 0. The molecule has 1 aromatic heterocycles. The summed E-state index contributed by atoms with van der Waals surface area (Å²) in [4.78, 5) is 19.2. The highest BCUT2D eigenvalue weighted by atomic mass is 19.3. The maximum Gasteiger partial charge on any atom is 0.248 e. The molecule has 2 heterocycles. The Morgan fingerprint density at radius 2 is 2.17 bits per heavy atom. The molecule has 2 aliphatic rings. The Hall–Kier alpha value is -1.46. The molecule has 1 aliphatic carbocycles. The number of imidazole rings is 1. The van der Waals surface area contributed by atoms with Gasteiger partial charge in [-0.2, -0.15) is 0 Å². The van der Waals surface area contributed by atoms with Crippen LogP contribution in [0.5, 0.6) is 0 Å². The number of rotatable bonds is 3. The van der Waals surface area contributed by atoms with Crippen LogP contribution in [0.4, 0.5) is 8.78 Å². The molecule has 2 fully saturated rings. The minimum atomic E-state index is -2.69. The molecule has 2 unspecified atom stereocenters. The van der Waals surface area contributed by atoms with E-state index < -0.39 is 11.8 Å². The number of aromatic nitrogens is 2. The molecule has 1 amide bonds. The Morgan fingerprint density at radius 3 is 2.91 bits per heavy atom. The van der Waals surface area contributed by atoms with Crippen LogP contribution in [0.3, 0.4) is 0 Å². The van der Waals surface area contributed by atoms with Crippen LogP contribution in [0.15, 0.2) is 12.4 Å². The first kappa shape index (κ1) is 16.4. The second kappa shape index (κ2) is 6.57. The van der Waals surface area contributed by atoms with Gasteiger partial charge in [0.2, 0.25) is 11.8 Å².